The summed E-state index contributed by atoms with van der Waals surface area (Å²) in [5, 5.41) is 13.7. The van der Waals surface area contributed by atoms with E-state index in [1.807, 2.05) is 27.7 Å². The second kappa shape index (κ2) is 11.7. The first-order valence-corrected chi connectivity index (χ1v) is 14.0. The maximum atomic E-state index is 12.8. The Bertz CT molecular complexity index is 959. The molecule has 1 saturated carbocycles. The van der Waals surface area contributed by atoms with Crippen molar-refractivity contribution < 1.29 is 48.3 Å². The maximum Gasteiger partial charge on any atom is 0.322 e. The van der Waals surface area contributed by atoms with Crippen LogP contribution in [0.25, 0.3) is 0 Å². The average Bonchev–Trinajstić information content (AvgIpc) is 3.09. The van der Waals surface area contributed by atoms with Crippen molar-refractivity contribution in [3.63, 3.8) is 0 Å². The molecule has 9 atom stereocenters. The number of fused-ring (bicyclic) bond motifs is 2. The van der Waals surface area contributed by atoms with Gasteiger partial charge in [-0.1, -0.05) is 27.7 Å². The summed E-state index contributed by atoms with van der Waals surface area (Å²) in [6.45, 7) is 9.24. The van der Waals surface area contributed by atoms with Crippen molar-refractivity contribution in [1.82, 2.24) is 10.6 Å². The molecule has 5 aliphatic rings. The quantitative estimate of drug-likeness (QED) is 0.270. The molecule has 1 aliphatic carbocycles. The number of rotatable bonds is 10. The number of carbonyl (C=O) groups is 4. The second-order valence-corrected chi connectivity index (χ2v) is 12.1. The summed E-state index contributed by atoms with van der Waals surface area (Å²) in [4.78, 5) is 60.4. The highest BCUT2D eigenvalue weighted by Crippen LogP contribution is 2.60. The van der Waals surface area contributed by atoms with Crippen LogP contribution in [0.4, 0.5) is 0 Å². The lowest BCUT2D eigenvalue weighted by Crippen LogP contribution is -2.70. The zero-order valence-corrected chi connectivity index (χ0v) is 23.4. The molecule has 220 valence electrons. The fraction of sp³-hybridized carbons (Fsp3) is 0.852. The van der Waals surface area contributed by atoms with Gasteiger partial charge < -0.3 is 30.0 Å². The Morgan fingerprint density at radius 1 is 1.05 bits per heavy atom. The van der Waals surface area contributed by atoms with E-state index in [1.54, 1.807) is 0 Å². The number of nitrogens with one attached hydrogen (secondary N) is 2. The van der Waals surface area contributed by atoms with Crippen molar-refractivity contribution in [1.29, 1.82) is 0 Å². The SMILES string of the molecule is CC(C)C[C@H](NC(=O)CCC(=O)O[C@@H]1O[C@H]2O[C@]3(C)CC[C@H]4[C@H](C)CC[C@@H]([C@@H]1C)[C@@]24OO3)C(=O)NCC(=O)O. The fourth-order valence-corrected chi connectivity index (χ4v) is 6.67. The van der Waals surface area contributed by atoms with Gasteiger partial charge in [0.25, 0.3) is 0 Å². The van der Waals surface area contributed by atoms with Gasteiger partial charge in [0, 0.05) is 24.7 Å². The van der Waals surface area contributed by atoms with Gasteiger partial charge in [0.05, 0.1) is 6.42 Å². The minimum absolute atomic E-state index is 0.00213. The van der Waals surface area contributed by atoms with Crippen LogP contribution in [0.1, 0.15) is 79.6 Å². The molecule has 5 fully saturated rings. The Labute approximate surface area is 228 Å². The van der Waals surface area contributed by atoms with Gasteiger partial charge in [-0.15, -0.1) is 0 Å². The highest BCUT2D eigenvalue weighted by Gasteiger charge is 2.69. The first-order valence-electron chi connectivity index (χ1n) is 14.0. The highest BCUT2D eigenvalue weighted by atomic mass is 17.3. The maximum absolute atomic E-state index is 12.8. The number of hydrogen-bond donors (Lipinski definition) is 3. The van der Waals surface area contributed by atoms with Crippen molar-refractivity contribution in [2.45, 2.75) is 110 Å². The van der Waals surface area contributed by atoms with Crippen LogP contribution in [0, 0.1) is 29.6 Å². The number of esters is 1. The van der Waals surface area contributed by atoms with E-state index >= 15 is 0 Å². The largest absolute Gasteiger partial charge is 0.480 e. The van der Waals surface area contributed by atoms with Crippen LogP contribution >= 0.6 is 0 Å². The molecule has 4 saturated heterocycles. The summed E-state index contributed by atoms with van der Waals surface area (Å²) in [6.07, 6.45) is 1.77. The average molecular weight is 555 g/mol. The number of amides is 2. The third-order valence-electron chi connectivity index (χ3n) is 8.67. The number of carboxylic acid groups (broad SMARTS) is 1. The molecule has 12 nitrogen and oxygen atoms in total. The standard InChI is InChI=1S/C27H42N2O10/c1-14(2)12-19(23(34)28-13-21(31)32)29-20(30)8-9-22(33)35-24-16(4)18-7-6-15(3)17-10-11-26(5)37-25(36-24)27(17,18)39-38-26/h14-19,24-25H,6-13H2,1-5H3,(H,28,34)(H,29,30)(H,31,32)/t15-,16+,17+,18+,19+,24-,25+,26+,27-/m1/s1. The molecule has 4 heterocycles. The minimum atomic E-state index is -1.18. The van der Waals surface area contributed by atoms with Gasteiger partial charge in [0.1, 0.15) is 12.6 Å². The molecule has 0 unspecified atom stereocenters. The Balaban J connectivity index is 1.35. The molecule has 0 aromatic carbocycles. The fourth-order valence-electron chi connectivity index (χ4n) is 6.67. The molecule has 2 amide bonds. The number of ether oxygens (including phenoxy) is 3. The van der Waals surface area contributed by atoms with Crippen LogP contribution in [0.3, 0.4) is 0 Å². The third-order valence-corrected chi connectivity index (χ3v) is 8.67. The van der Waals surface area contributed by atoms with Crippen molar-refractivity contribution in [3.8, 4) is 0 Å². The topological polar surface area (TPSA) is 159 Å². The highest BCUT2D eigenvalue weighted by molar-refractivity contribution is 5.90. The summed E-state index contributed by atoms with van der Waals surface area (Å²) in [5.41, 5.74) is -0.761. The zero-order chi connectivity index (χ0) is 28.5. The van der Waals surface area contributed by atoms with Gasteiger partial charge >= 0.3 is 11.9 Å². The molecule has 39 heavy (non-hydrogen) atoms. The van der Waals surface area contributed by atoms with Crippen LogP contribution in [-0.2, 0) is 43.2 Å². The first kappa shape index (κ1) is 29.7. The molecule has 5 rings (SSSR count). The van der Waals surface area contributed by atoms with E-state index in [-0.39, 0.29) is 36.5 Å². The lowest BCUT2D eigenvalue weighted by Gasteiger charge is -2.59. The summed E-state index contributed by atoms with van der Waals surface area (Å²) < 4.78 is 18.2. The molecule has 0 aromatic rings. The summed E-state index contributed by atoms with van der Waals surface area (Å²) >= 11 is 0. The van der Waals surface area contributed by atoms with Crippen molar-refractivity contribution in [3.05, 3.63) is 0 Å². The summed E-state index contributed by atoms with van der Waals surface area (Å²) in [5.74, 6) is -3.31. The lowest BCUT2D eigenvalue weighted by atomic mass is 9.58. The molecular formula is C27H42N2O10. The first-order chi connectivity index (χ1) is 18.3. The number of aliphatic carboxylic acids is 1. The van der Waals surface area contributed by atoms with E-state index in [9.17, 15) is 19.2 Å². The van der Waals surface area contributed by atoms with Crippen LogP contribution < -0.4 is 10.6 Å². The molecule has 0 radical (unpaired) electrons. The van der Waals surface area contributed by atoms with E-state index in [2.05, 4.69) is 17.6 Å². The normalized spacial score (nSPS) is 37.8. The van der Waals surface area contributed by atoms with Gasteiger partial charge in [-0.2, -0.15) is 0 Å². The summed E-state index contributed by atoms with van der Waals surface area (Å²) in [7, 11) is 0. The molecule has 2 bridgehead atoms. The Morgan fingerprint density at radius 3 is 2.49 bits per heavy atom. The molecular weight excluding hydrogens is 512 g/mol. The van der Waals surface area contributed by atoms with E-state index in [0.717, 1.165) is 19.3 Å². The summed E-state index contributed by atoms with van der Waals surface area (Å²) in [6, 6.07) is -0.904. The molecule has 3 N–H and O–H groups in total. The zero-order valence-electron chi connectivity index (χ0n) is 23.4. The monoisotopic (exact) mass is 554 g/mol. The van der Waals surface area contributed by atoms with E-state index in [1.165, 1.54) is 0 Å². The van der Waals surface area contributed by atoms with Crippen LogP contribution in [0.15, 0.2) is 0 Å². The van der Waals surface area contributed by atoms with E-state index < -0.39 is 60.3 Å². The predicted molar refractivity (Wildman–Crippen MR) is 134 cm³/mol. The van der Waals surface area contributed by atoms with Crippen LogP contribution in [0.2, 0.25) is 0 Å². The van der Waals surface area contributed by atoms with Crippen LogP contribution in [0.5, 0.6) is 0 Å². The predicted octanol–water partition coefficient (Wildman–Crippen LogP) is 2.25. The second-order valence-electron chi connectivity index (χ2n) is 12.1. The van der Waals surface area contributed by atoms with Gasteiger partial charge in [-0.25, -0.2) is 9.78 Å². The van der Waals surface area contributed by atoms with E-state index in [4.69, 9.17) is 29.1 Å². The van der Waals surface area contributed by atoms with Crippen molar-refractivity contribution >= 4 is 23.8 Å². The number of hydrogen-bond acceptors (Lipinski definition) is 9. The molecule has 1 spiro atoms. The Hall–Kier alpha value is -2.28. The van der Waals surface area contributed by atoms with E-state index in [0.29, 0.717) is 18.8 Å². The molecule has 0 aromatic heterocycles. The third kappa shape index (κ3) is 6.23. The number of carbonyl (C=O) groups excluding carboxylic acids is 3. The number of carboxylic acids is 1. The molecule has 12 heteroatoms. The van der Waals surface area contributed by atoms with Crippen molar-refractivity contribution in [2.75, 3.05) is 6.54 Å². The Morgan fingerprint density at radius 2 is 1.79 bits per heavy atom. The minimum Gasteiger partial charge on any atom is -0.480 e. The van der Waals surface area contributed by atoms with Crippen molar-refractivity contribution in [2.24, 2.45) is 29.6 Å². The van der Waals surface area contributed by atoms with Gasteiger partial charge in [0.2, 0.25) is 23.9 Å². The van der Waals surface area contributed by atoms with Crippen LogP contribution in [-0.4, -0.2) is 65.4 Å². The van der Waals surface area contributed by atoms with Gasteiger partial charge in [0.15, 0.2) is 11.9 Å². The Kier molecular flexibility index (Phi) is 8.89. The molecule has 4 aliphatic heterocycles. The van der Waals surface area contributed by atoms with Gasteiger partial charge in [-0.05, 0) is 50.4 Å². The lowest BCUT2D eigenvalue weighted by molar-refractivity contribution is -0.576. The smallest absolute Gasteiger partial charge is 0.322 e. The van der Waals surface area contributed by atoms with Gasteiger partial charge in [-0.3, -0.25) is 19.2 Å².